The second-order valence-electron chi connectivity index (χ2n) is 3.81. The van der Waals surface area contributed by atoms with Crippen LogP contribution in [0.2, 0.25) is 0 Å². The first-order chi connectivity index (χ1) is 8.30. The highest BCUT2D eigenvalue weighted by atomic mass is 19.4. The second-order valence-corrected chi connectivity index (χ2v) is 3.81. The lowest BCUT2D eigenvalue weighted by molar-refractivity contribution is -0.136. The van der Waals surface area contributed by atoms with E-state index in [1.807, 2.05) is 0 Å². The van der Waals surface area contributed by atoms with Crippen molar-refractivity contribution < 1.29 is 18.0 Å². The summed E-state index contributed by atoms with van der Waals surface area (Å²) >= 11 is 0. The van der Waals surface area contributed by atoms with Crippen molar-refractivity contribution in [1.82, 2.24) is 5.32 Å². The van der Waals surface area contributed by atoms with Crippen LogP contribution in [0.5, 0.6) is 0 Å². The predicted molar refractivity (Wildman–Crippen MR) is 63.3 cm³/mol. The molecule has 0 fully saturated rings. The molecule has 0 unspecified atom stereocenters. The van der Waals surface area contributed by atoms with E-state index < -0.39 is 17.8 Å². The van der Waals surface area contributed by atoms with Crippen LogP contribution >= 0.6 is 0 Å². The number of carbonyl (C=O) groups excluding carboxylic acids is 1. The van der Waals surface area contributed by atoms with E-state index in [0.29, 0.717) is 5.57 Å². The van der Waals surface area contributed by atoms with Crippen molar-refractivity contribution in [2.75, 3.05) is 11.9 Å². The molecule has 1 aromatic rings. The first-order valence-corrected chi connectivity index (χ1v) is 5.16. The average molecular weight is 258 g/mol. The summed E-state index contributed by atoms with van der Waals surface area (Å²) in [6, 6.07) is 4.09. The van der Waals surface area contributed by atoms with Gasteiger partial charge in [0.2, 0.25) is 0 Å². The average Bonchev–Trinajstić information content (AvgIpc) is 2.25. The SMILES string of the molecule is C=C(C)CNC(=O)Nc1ccccc1C(F)(F)F. The highest BCUT2D eigenvalue weighted by molar-refractivity contribution is 5.90. The number of urea groups is 1. The number of halogens is 3. The summed E-state index contributed by atoms with van der Waals surface area (Å²) < 4.78 is 37.9. The minimum atomic E-state index is -4.50. The molecule has 0 spiro atoms. The van der Waals surface area contributed by atoms with Crippen LogP contribution in [0.25, 0.3) is 0 Å². The predicted octanol–water partition coefficient (Wildman–Crippen LogP) is 3.40. The molecule has 0 aliphatic heterocycles. The van der Waals surface area contributed by atoms with Crippen LogP contribution in [0.15, 0.2) is 36.4 Å². The van der Waals surface area contributed by atoms with Gasteiger partial charge < -0.3 is 10.6 Å². The Labute approximate surface area is 103 Å². The Hall–Kier alpha value is -1.98. The maximum Gasteiger partial charge on any atom is 0.418 e. The minimum absolute atomic E-state index is 0.208. The minimum Gasteiger partial charge on any atom is -0.334 e. The standard InChI is InChI=1S/C12H13F3N2O/c1-8(2)7-16-11(18)17-10-6-4-3-5-9(10)12(13,14)15/h3-6H,1,7H2,2H3,(H2,16,17,18). The number of hydrogen-bond acceptors (Lipinski definition) is 1. The number of carbonyl (C=O) groups is 1. The normalized spacial score (nSPS) is 10.9. The zero-order valence-corrected chi connectivity index (χ0v) is 9.77. The Morgan fingerprint density at radius 3 is 2.50 bits per heavy atom. The van der Waals surface area contributed by atoms with Gasteiger partial charge in [-0.1, -0.05) is 24.3 Å². The molecule has 0 saturated carbocycles. The molecule has 0 heterocycles. The zero-order valence-electron chi connectivity index (χ0n) is 9.77. The quantitative estimate of drug-likeness (QED) is 0.801. The largest absolute Gasteiger partial charge is 0.418 e. The van der Waals surface area contributed by atoms with Crippen LogP contribution in [0.4, 0.5) is 23.7 Å². The lowest BCUT2D eigenvalue weighted by Gasteiger charge is -2.13. The number of hydrogen-bond donors (Lipinski definition) is 2. The molecule has 0 atom stereocenters. The monoisotopic (exact) mass is 258 g/mol. The Bertz CT molecular complexity index is 455. The molecular weight excluding hydrogens is 245 g/mol. The van der Waals surface area contributed by atoms with Gasteiger partial charge in [-0.15, -0.1) is 0 Å². The molecule has 2 N–H and O–H groups in total. The lowest BCUT2D eigenvalue weighted by atomic mass is 10.1. The van der Waals surface area contributed by atoms with Gasteiger partial charge in [0.05, 0.1) is 11.3 Å². The van der Waals surface area contributed by atoms with Gasteiger partial charge in [-0.25, -0.2) is 4.79 Å². The summed E-state index contributed by atoms with van der Waals surface area (Å²) in [7, 11) is 0. The van der Waals surface area contributed by atoms with Gasteiger partial charge in [-0.3, -0.25) is 0 Å². The Morgan fingerprint density at radius 1 is 1.33 bits per heavy atom. The van der Waals surface area contributed by atoms with E-state index in [-0.39, 0.29) is 12.2 Å². The molecule has 0 radical (unpaired) electrons. The maximum absolute atomic E-state index is 12.6. The summed E-state index contributed by atoms with van der Waals surface area (Å²) in [5, 5.41) is 4.55. The van der Waals surface area contributed by atoms with Gasteiger partial charge in [0.25, 0.3) is 0 Å². The summed E-state index contributed by atoms with van der Waals surface area (Å²) in [5.74, 6) is 0. The molecule has 0 aromatic heterocycles. The third-order valence-corrected chi connectivity index (χ3v) is 2.03. The van der Waals surface area contributed by atoms with E-state index >= 15 is 0 Å². The first kappa shape index (κ1) is 14.1. The van der Waals surface area contributed by atoms with Crippen molar-refractivity contribution in [2.45, 2.75) is 13.1 Å². The Kier molecular flexibility index (Phi) is 4.36. The van der Waals surface area contributed by atoms with Crippen molar-refractivity contribution in [3.63, 3.8) is 0 Å². The zero-order chi connectivity index (χ0) is 13.8. The molecule has 0 bridgehead atoms. The van der Waals surface area contributed by atoms with E-state index in [1.54, 1.807) is 6.92 Å². The molecule has 0 aliphatic carbocycles. The molecule has 2 amide bonds. The molecular formula is C12H13F3N2O. The molecule has 1 aromatic carbocycles. The number of nitrogens with one attached hydrogen (secondary N) is 2. The fourth-order valence-corrected chi connectivity index (χ4v) is 1.24. The molecule has 0 aliphatic rings. The summed E-state index contributed by atoms with van der Waals surface area (Å²) in [6.07, 6.45) is -4.50. The summed E-state index contributed by atoms with van der Waals surface area (Å²) in [5.41, 5.74) is -0.450. The van der Waals surface area contributed by atoms with Crippen molar-refractivity contribution >= 4 is 11.7 Å². The molecule has 3 nitrogen and oxygen atoms in total. The van der Waals surface area contributed by atoms with Gasteiger partial charge in [0.15, 0.2) is 0 Å². The van der Waals surface area contributed by atoms with Crippen LogP contribution in [0.3, 0.4) is 0 Å². The van der Waals surface area contributed by atoms with E-state index in [1.165, 1.54) is 18.2 Å². The fourth-order valence-electron chi connectivity index (χ4n) is 1.24. The number of amides is 2. The van der Waals surface area contributed by atoms with Crippen LogP contribution in [-0.4, -0.2) is 12.6 Å². The van der Waals surface area contributed by atoms with Gasteiger partial charge in [-0.05, 0) is 19.1 Å². The van der Waals surface area contributed by atoms with Crippen molar-refractivity contribution in [2.24, 2.45) is 0 Å². The smallest absolute Gasteiger partial charge is 0.334 e. The number of anilines is 1. The summed E-state index contributed by atoms with van der Waals surface area (Å²) in [4.78, 5) is 11.4. The number of alkyl halides is 3. The van der Waals surface area contributed by atoms with E-state index in [2.05, 4.69) is 17.2 Å². The molecule has 1 rings (SSSR count). The topological polar surface area (TPSA) is 41.1 Å². The van der Waals surface area contributed by atoms with Crippen LogP contribution in [0.1, 0.15) is 12.5 Å². The van der Waals surface area contributed by atoms with Crippen molar-refractivity contribution in [3.8, 4) is 0 Å². The van der Waals surface area contributed by atoms with E-state index in [0.717, 1.165) is 6.07 Å². The number of para-hydroxylation sites is 1. The van der Waals surface area contributed by atoms with Gasteiger partial charge in [0.1, 0.15) is 0 Å². The highest BCUT2D eigenvalue weighted by Crippen LogP contribution is 2.34. The number of benzene rings is 1. The molecule has 0 saturated heterocycles. The van der Waals surface area contributed by atoms with Gasteiger partial charge in [-0.2, -0.15) is 13.2 Å². The van der Waals surface area contributed by atoms with Crippen LogP contribution in [0, 0.1) is 0 Å². The maximum atomic E-state index is 12.6. The van der Waals surface area contributed by atoms with Crippen LogP contribution < -0.4 is 10.6 Å². The van der Waals surface area contributed by atoms with Crippen molar-refractivity contribution in [3.05, 3.63) is 42.0 Å². The Balaban J connectivity index is 2.79. The molecule has 6 heteroatoms. The molecule has 98 valence electrons. The van der Waals surface area contributed by atoms with Gasteiger partial charge >= 0.3 is 12.2 Å². The third-order valence-electron chi connectivity index (χ3n) is 2.03. The second kappa shape index (κ2) is 5.57. The van der Waals surface area contributed by atoms with Gasteiger partial charge in [0, 0.05) is 6.54 Å². The van der Waals surface area contributed by atoms with E-state index in [9.17, 15) is 18.0 Å². The lowest BCUT2D eigenvalue weighted by Crippen LogP contribution is -2.30. The van der Waals surface area contributed by atoms with Crippen molar-refractivity contribution in [1.29, 1.82) is 0 Å². The van der Waals surface area contributed by atoms with Crippen LogP contribution in [-0.2, 0) is 6.18 Å². The summed E-state index contributed by atoms with van der Waals surface area (Å²) in [6.45, 7) is 5.48. The third kappa shape index (κ3) is 4.12. The highest BCUT2D eigenvalue weighted by Gasteiger charge is 2.33. The van der Waals surface area contributed by atoms with E-state index in [4.69, 9.17) is 0 Å². The fraction of sp³-hybridized carbons (Fsp3) is 0.250. The number of rotatable bonds is 3. The Morgan fingerprint density at radius 2 is 1.94 bits per heavy atom. The molecule has 18 heavy (non-hydrogen) atoms. The first-order valence-electron chi connectivity index (χ1n) is 5.16.